The van der Waals surface area contributed by atoms with Crippen molar-refractivity contribution in [1.29, 1.82) is 0 Å². The highest BCUT2D eigenvalue weighted by molar-refractivity contribution is 9.10. The molecule has 0 aromatic heterocycles. The van der Waals surface area contributed by atoms with Gasteiger partial charge in [-0.25, -0.2) is 12.8 Å². The van der Waals surface area contributed by atoms with Gasteiger partial charge >= 0.3 is 0 Å². The maximum Gasteiger partial charge on any atom is 0.262 e. The van der Waals surface area contributed by atoms with Gasteiger partial charge in [-0.3, -0.25) is 4.79 Å². The van der Waals surface area contributed by atoms with Gasteiger partial charge in [0, 0.05) is 23.8 Å². The molecule has 1 aromatic rings. The standard InChI is InChI=1S/C13H14BrClFNO3S/c1-8-3-2-4-17(7-8)13(18)10-5-9(16)6-11(12(10)14)21(15,19)20/h5-6,8H,2-4,7H2,1H3. The number of hydrogen-bond donors (Lipinski definition) is 0. The molecule has 0 N–H and O–H groups in total. The molecular formula is C13H14BrClFNO3S. The second-order valence-electron chi connectivity index (χ2n) is 5.20. The molecule has 116 valence electrons. The number of amides is 1. The van der Waals surface area contributed by atoms with Gasteiger partial charge < -0.3 is 4.90 Å². The van der Waals surface area contributed by atoms with Gasteiger partial charge in [0.1, 0.15) is 10.7 Å². The highest BCUT2D eigenvalue weighted by atomic mass is 79.9. The Balaban J connectivity index is 2.44. The van der Waals surface area contributed by atoms with E-state index in [1.54, 1.807) is 4.90 Å². The van der Waals surface area contributed by atoms with Crippen LogP contribution in [-0.4, -0.2) is 32.3 Å². The maximum atomic E-state index is 13.6. The number of piperidine rings is 1. The number of rotatable bonds is 2. The summed E-state index contributed by atoms with van der Waals surface area (Å²) in [7, 11) is 1.13. The van der Waals surface area contributed by atoms with Crippen molar-refractivity contribution in [1.82, 2.24) is 4.90 Å². The number of benzene rings is 1. The van der Waals surface area contributed by atoms with Gasteiger partial charge in [0.15, 0.2) is 0 Å². The van der Waals surface area contributed by atoms with Crippen LogP contribution in [-0.2, 0) is 9.05 Å². The largest absolute Gasteiger partial charge is 0.338 e. The second-order valence-corrected chi connectivity index (χ2v) is 8.53. The van der Waals surface area contributed by atoms with E-state index in [1.807, 2.05) is 6.92 Å². The van der Waals surface area contributed by atoms with Crippen LogP contribution in [0.4, 0.5) is 4.39 Å². The van der Waals surface area contributed by atoms with Crippen LogP contribution in [0.5, 0.6) is 0 Å². The summed E-state index contributed by atoms with van der Waals surface area (Å²) in [5.41, 5.74) is -0.0247. The van der Waals surface area contributed by atoms with Gasteiger partial charge in [-0.05, 0) is 46.8 Å². The van der Waals surface area contributed by atoms with Gasteiger partial charge in [-0.1, -0.05) is 6.92 Å². The molecule has 1 amide bonds. The van der Waals surface area contributed by atoms with Gasteiger partial charge in [-0.15, -0.1) is 0 Å². The topological polar surface area (TPSA) is 54.5 Å². The summed E-state index contributed by atoms with van der Waals surface area (Å²) in [6.45, 7) is 3.19. The Hall–Kier alpha value is -0.660. The summed E-state index contributed by atoms with van der Waals surface area (Å²) in [6.07, 6.45) is 1.91. The van der Waals surface area contributed by atoms with Crippen LogP contribution in [0, 0.1) is 11.7 Å². The van der Waals surface area contributed by atoms with Crippen LogP contribution >= 0.6 is 26.6 Å². The molecule has 1 unspecified atom stereocenters. The average Bonchev–Trinajstić information content (AvgIpc) is 2.39. The molecule has 0 radical (unpaired) electrons. The molecule has 1 aliphatic heterocycles. The molecule has 1 atom stereocenters. The summed E-state index contributed by atoms with van der Waals surface area (Å²) < 4.78 is 36.5. The van der Waals surface area contributed by atoms with Crippen molar-refractivity contribution in [2.75, 3.05) is 13.1 Å². The zero-order valence-electron chi connectivity index (χ0n) is 11.3. The van der Waals surface area contributed by atoms with E-state index in [1.165, 1.54) is 0 Å². The van der Waals surface area contributed by atoms with Gasteiger partial charge in [0.2, 0.25) is 0 Å². The number of likely N-dealkylation sites (tertiary alicyclic amines) is 1. The molecule has 0 aliphatic carbocycles. The average molecular weight is 399 g/mol. The summed E-state index contributed by atoms with van der Waals surface area (Å²) >= 11 is 3.06. The van der Waals surface area contributed by atoms with Crippen LogP contribution < -0.4 is 0 Å². The fourth-order valence-electron chi connectivity index (χ4n) is 2.44. The quantitative estimate of drug-likeness (QED) is 0.718. The molecule has 0 bridgehead atoms. The van der Waals surface area contributed by atoms with Crippen molar-refractivity contribution >= 4 is 41.6 Å². The Bertz CT molecular complexity index is 680. The first-order valence-corrected chi connectivity index (χ1v) is 9.53. The summed E-state index contributed by atoms with van der Waals surface area (Å²) in [4.78, 5) is 13.7. The van der Waals surface area contributed by atoms with E-state index in [0.29, 0.717) is 19.0 Å². The number of hydrogen-bond acceptors (Lipinski definition) is 3. The number of carbonyl (C=O) groups excluding carboxylic acids is 1. The third-order valence-corrected chi connectivity index (χ3v) is 5.90. The normalized spacial score (nSPS) is 19.6. The minimum Gasteiger partial charge on any atom is -0.338 e. The van der Waals surface area contributed by atoms with Crippen LogP contribution in [0.25, 0.3) is 0 Å². The first-order valence-electron chi connectivity index (χ1n) is 6.43. The molecule has 0 spiro atoms. The smallest absolute Gasteiger partial charge is 0.262 e. The molecule has 1 aliphatic rings. The third-order valence-electron chi connectivity index (χ3n) is 3.44. The second kappa shape index (κ2) is 6.22. The molecule has 0 saturated carbocycles. The minimum atomic E-state index is -4.14. The van der Waals surface area contributed by atoms with Crippen LogP contribution in [0.1, 0.15) is 30.1 Å². The molecule has 2 rings (SSSR count). The monoisotopic (exact) mass is 397 g/mol. The Morgan fingerprint density at radius 3 is 2.71 bits per heavy atom. The Morgan fingerprint density at radius 2 is 2.14 bits per heavy atom. The van der Waals surface area contributed by atoms with Crippen LogP contribution in [0.3, 0.4) is 0 Å². The molecule has 1 fully saturated rings. The Labute approximate surface area is 135 Å². The zero-order chi connectivity index (χ0) is 15.8. The SMILES string of the molecule is CC1CCCN(C(=O)c2cc(F)cc(S(=O)(=O)Cl)c2Br)C1. The lowest BCUT2D eigenvalue weighted by Gasteiger charge is -2.31. The summed E-state index contributed by atoms with van der Waals surface area (Å²) in [5, 5.41) is 0. The molecule has 21 heavy (non-hydrogen) atoms. The predicted octanol–water partition coefficient (Wildman–Crippen LogP) is 3.39. The van der Waals surface area contributed by atoms with E-state index in [4.69, 9.17) is 10.7 Å². The van der Waals surface area contributed by atoms with Crippen molar-refractivity contribution in [2.24, 2.45) is 5.92 Å². The summed E-state index contributed by atoms with van der Waals surface area (Å²) in [5.74, 6) is -0.841. The van der Waals surface area contributed by atoms with Gasteiger partial charge in [-0.2, -0.15) is 0 Å². The highest BCUT2D eigenvalue weighted by Crippen LogP contribution is 2.31. The van der Waals surface area contributed by atoms with Crippen molar-refractivity contribution in [3.05, 3.63) is 28.0 Å². The lowest BCUT2D eigenvalue weighted by molar-refractivity contribution is 0.0681. The third kappa shape index (κ3) is 3.76. The van der Waals surface area contributed by atoms with E-state index in [-0.39, 0.29) is 10.0 Å². The first kappa shape index (κ1) is 16.7. The zero-order valence-corrected chi connectivity index (χ0v) is 14.4. The number of nitrogens with zero attached hydrogens (tertiary/aromatic N) is 1. The number of carbonyl (C=O) groups is 1. The molecular weight excluding hydrogens is 385 g/mol. The summed E-state index contributed by atoms with van der Waals surface area (Å²) in [6, 6.07) is 1.82. The van der Waals surface area contributed by atoms with E-state index in [9.17, 15) is 17.6 Å². The van der Waals surface area contributed by atoms with Crippen LogP contribution in [0.2, 0.25) is 0 Å². The van der Waals surface area contributed by atoms with E-state index < -0.39 is 25.7 Å². The van der Waals surface area contributed by atoms with Crippen molar-refractivity contribution in [3.63, 3.8) is 0 Å². The van der Waals surface area contributed by atoms with Crippen LogP contribution in [0.15, 0.2) is 21.5 Å². The molecule has 8 heteroatoms. The molecule has 1 heterocycles. The number of halogens is 3. The molecule has 1 saturated heterocycles. The molecule has 4 nitrogen and oxygen atoms in total. The fraction of sp³-hybridized carbons (Fsp3) is 0.462. The first-order chi connectivity index (χ1) is 9.70. The maximum absolute atomic E-state index is 13.6. The van der Waals surface area contributed by atoms with E-state index in [2.05, 4.69) is 15.9 Å². The van der Waals surface area contributed by atoms with Gasteiger partial charge in [0.05, 0.1) is 10.0 Å². The fourth-order valence-corrected chi connectivity index (χ4v) is 4.70. The lowest BCUT2D eigenvalue weighted by Crippen LogP contribution is -2.39. The van der Waals surface area contributed by atoms with Gasteiger partial charge in [0.25, 0.3) is 15.0 Å². The van der Waals surface area contributed by atoms with Crippen molar-refractivity contribution in [2.45, 2.75) is 24.7 Å². The van der Waals surface area contributed by atoms with E-state index in [0.717, 1.165) is 25.0 Å². The molecule has 1 aromatic carbocycles. The Kier molecular flexibility index (Phi) is 4.95. The lowest BCUT2D eigenvalue weighted by atomic mass is 9.99. The predicted molar refractivity (Wildman–Crippen MR) is 81.4 cm³/mol. The minimum absolute atomic E-state index is 0.00197. The van der Waals surface area contributed by atoms with Crippen molar-refractivity contribution in [3.8, 4) is 0 Å². The highest BCUT2D eigenvalue weighted by Gasteiger charge is 2.27. The Morgan fingerprint density at radius 1 is 1.48 bits per heavy atom. The van der Waals surface area contributed by atoms with E-state index >= 15 is 0 Å². The van der Waals surface area contributed by atoms with Crippen molar-refractivity contribution < 1.29 is 17.6 Å².